The normalized spacial score (nSPS) is 16.5. The van der Waals surface area contributed by atoms with Gasteiger partial charge in [-0.05, 0) is 38.2 Å². The number of benzene rings is 1. The number of alkyl halides is 3. The maximum Gasteiger partial charge on any atom is 0.418 e. The van der Waals surface area contributed by atoms with Crippen LogP contribution in [0.5, 0.6) is 0 Å². The second-order valence-corrected chi connectivity index (χ2v) is 7.99. The van der Waals surface area contributed by atoms with Gasteiger partial charge in [-0.2, -0.15) is 13.2 Å². The maximum absolute atomic E-state index is 13.8. The third kappa shape index (κ3) is 4.84. The largest absolute Gasteiger partial charge is 0.418 e. The molecular weight excluding hydrogens is 403 g/mol. The number of aromatic nitrogens is 1. The molecule has 29 heavy (non-hydrogen) atoms. The summed E-state index contributed by atoms with van der Waals surface area (Å²) in [6.45, 7) is 2.74. The smallest absolute Gasteiger partial charge is 0.368 e. The second-order valence-electron chi connectivity index (χ2n) is 7.09. The minimum absolute atomic E-state index is 0.129. The Balaban J connectivity index is 2.13. The topological polar surface area (TPSA) is 77.6 Å². The highest BCUT2D eigenvalue weighted by Gasteiger charge is 2.44. The van der Waals surface area contributed by atoms with Crippen LogP contribution in [0.25, 0.3) is 10.6 Å². The van der Waals surface area contributed by atoms with E-state index in [1.165, 1.54) is 17.4 Å². The zero-order valence-corrected chi connectivity index (χ0v) is 16.9. The zero-order chi connectivity index (χ0) is 21.2. The molecule has 3 rings (SSSR count). The Labute approximate surface area is 170 Å². The number of hydrogen-bond acceptors (Lipinski definition) is 5. The number of aliphatic imine (C=N–C) groups is 1. The number of amides is 1. The minimum Gasteiger partial charge on any atom is -0.368 e. The molecule has 9 heteroatoms. The van der Waals surface area contributed by atoms with Gasteiger partial charge in [-0.15, -0.1) is 11.3 Å². The quantitative estimate of drug-likeness (QED) is 0.626. The molecule has 1 atom stereocenters. The molecule has 1 fully saturated rings. The first kappa shape index (κ1) is 21.4. The van der Waals surface area contributed by atoms with Crippen molar-refractivity contribution in [2.45, 2.75) is 45.4 Å². The second kappa shape index (κ2) is 8.62. The molecule has 0 saturated heterocycles. The monoisotopic (exact) mass is 425 g/mol. The summed E-state index contributed by atoms with van der Waals surface area (Å²) in [6, 6.07) is 2.95. The molecule has 0 aliphatic heterocycles. The fourth-order valence-electron chi connectivity index (χ4n) is 3.29. The van der Waals surface area contributed by atoms with Gasteiger partial charge in [0.25, 0.3) is 0 Å². The zero-order valence-electron chi connectivity index (χ0n) is 16.1. The van der Waals surface area contributed by atoms with Crippen molar-refractivity contribution in [2.75, 3.05) is 6.61 Å². The SMILES string of the molecule is C/C(=N/c1c(C(OCC(N)=O)C(F)(F)F)ccc(-c2nccs2)c1C)C1CCC1. The Hall–Kier alpha value is -2.26. The molecule has 1 saturated carbocycles. The lowest BCUT2D eigenvalue weighted by molar-refractivity contribution is -0.222. The van der Waals surface area contributed by atoms with Crippen LogP contribution in [0.15, 0.2) is 28.7 Å². The molecule has 5 nitrogen and oxygen atoms in total. The van der Waals surface area contributed by atoms with Crippen molar-refractivity contribution in [1.82, 2.24) is 4.98 Å². The summed E-state index contributed by atoms with van der Waals surface area (Å²) in [6.07, 6.45) is -2.32. The Morgan fingerprint density at radius 3 is 2.66 bits per heavy atom. The van der Waals surface area contributed by atoms with Gasteiger partial charge in [0.1, 0.15) is 11.6 Å². The number of nitrogens with zero attached hydrogens (tertiary/aromatic N) is 2. The van der Waals surface area contributed by atoms with Crippen LogP contribution in [0.3, 0.4) is 0 Å². The van der Waals surface area contributed by atoms with E-state index in [1.807, 2.05) is 6.92 Å². The van der Waals surface area contributed by atoms with Gasteiger partial charge in [0, 0.05) is 28.4 Å². The lowest BCUT2D eigenvalue weighted by Gasteiger charge is -2.27. The molecule has 1 unspecified atom stereocenters. The molecule has 0 spiro atoms. The number of ether oxygens (including phenoxy) is 1. The van der Waals surface area contributed by atoms with Gasteiger partial charge < -0.3 is 10.5 Å². The molecule has 0 radical (unpaired) electrons. The van der Waals surface area contributed by atoms with Crippen LogP contribution >= 0.6 is 11.3 Å². The van der Waals surface area contributed by atoms with Gasteiger partial charge in [-0.1, -0.05) is 18.6 Å². The van der Waals surface area contributed by atoms with Crippen LogP contribution < -0.4 is 5.73 Å². The number of halogens is 3. The van der Waals surface area contributed by atoms with Gasteiger partial charge in [0.05, 0.1) is 5.69 Å². The Kier molecular flexibility index (Phi) is 6.38. The molecule has 2 N–H and O–H groups in total. The number of primary amides is 1. The number of rotatable bonds is 7. The summed E-state index contributed by atoms with van der Waals surface area (Å²) < 4.78 is 46.2. The van der Waals surface area contributed by atoms with Crippen LogP contribution in [0.2, 0.25) is 0 Å². The number of carbonyl (C=O) groups is 1. The van der Waals surface area contributed by atoms with E-state index in [9.17, 15) is 18.0 Å². The first-order chi connectivity index (χ1) is 13.7. The van der Waals surface area contributed by atoms with Crippen molar-refractivity contribution in [1.29, 1.82) is 0 Å². The fourth-order valence-corrected chi connectivity index (χ4v) is 4.01. The van der Waals surface area contributed by atoms with E-state index in [0.29, 0.717) is 10.6 Å². The molecule has 0 bridgehead atoms. The van der Waals surface area contributed by atoms with Crippen molar-refractivity contribution in [3.8, 4) is 10.6 Å². The lowest BCUT2D eigenvalue weighted by Crippen LogP contribution is -2.28. The van der Waals surface area contributed by atoms with E-state index in [1.54, 1.807) is 24.6 Å². The molecule has 1 heterocycles. The van der Waals surface area contributed by atoms with Crippen molar-refractivity contribution in [3.05, 3.63) is 34.8 Å². The van der Waals surface area contributed by atoms with E-state index < -0.39 is 24.8 Å². The average Bonchev–Trinajstić information content (AvgIpc) is 3.09. The van der Waals surface area contributed by atoms with Crippen LogP contribution in [-0.2, 0) is 9.53 Å². The maximum atomic E-state index is 13.8. The van der Waals surface area contributed by atoms with Gasteiger partial charge in [-0.25, -0.2) is 4.98 Å². The van der Waals surface area contributed by atoms with Crippen LogP contribution in [0, 0.1) is 12.8 Å². The van der Waals surface area contributed by atoms with E-state index in [4.69, 9.17) is 10.5 Å². The molecule has 1 aliphatic carbocycles. The molecule has 1 aliphatic rings. The standard InChI is InChI=1S/C20H22F3N3O2S/c1-11-14(19-25-8-9-29-19)6-7-15(17(11)26-12(2)13-4-3-5-13)18(20(21,22)23)28-10-16(24)27/h6-9,13,18H,3-5,10H2,1-2H3,(H2,24,27)/b26-12-. The summed E-state index contributed by atoms with van der Waals surface area (Å²) in [5, 5.41) is 2.51. The van der Waals surface area contributed by atoms with E-state index >= 15 is 0 Å². The van der Waals surface area contributed by atoms with Crippen molar-refractivity contribution >= 4 is 28.6 Å². The molecule has 1 aromatic heterocycles. The van der Waals surface area contributed by atoms with Crippen LogP contribution in [-0.4, -0.2) is 29.4 Å². The first-order valence-corrected chi connectivity index (χ1v) is 10.1. The number of hydrogen-bond donors (Lipinski definition) is 1. The van der Waals surface area contributed by atoms with E-state index in [0.717, 1.165) is 30.5 Å². The summed E-state index contributed by atoms with van der Waals surface area (Å²) in [5.74, 6) is -0.687. The van der Waals surface area contributed by atoms with Crippen LogP contribution in [0.1, 0.15) is 43.4 Å². The van der Waals surface area contributed by atoms with Gasteiger partial charge in [0.15, 0.2) is 6.10 Å². The van der Waals surface area contributed by atoms with Gasteiger partial charge >= 0.3 is 6.18 Å². The molecule has 1 amide bonds. The van der Waals surface area contributed by atoms with Crippen molar-refractivity contribution in [3.63, 3.8) is 0 Å². The molecular formula is C20H22F3N3O2S. The molecule has 156 valence electrons. The number of nitrogens with two attached hydrogens (primary N) is 1. The molecule has 1 aromatic carbocycles. The Morgan fingerprint density at radius 2 is 2.14 bits per heavy atom. The third-order valence-corrected chi connectivity index (χ3v) is 5.89. The first-order valence-electron chi connectivity index (χ1n) is 9.23. The van der Waals surface area contributed by atoms with Gasteiger partial charge in [-0.3, -0.25) is 9.79 Å². The van der Waals surface area contributed by atoms with Gasteiger partial charge in [0.2, 0.25) is 5.91 Å². The average molecular weight is 425 g/mol. The number of carbonyl (C=O) groups excluding carboxylic acids is 1. The highest BCUT2D eigenvalue weighted by molar-refractivity contribution is 7.13. The summed E-state index contributed by atoms with van der Waals surface area (Å²) in [5.41, 5.74) is 7.20. The Bertz CT molecular complexity index is 906. The van der Waals surface area contributed by atoms with Crippen molar-refractivity contribution in [2.24, 2.45) is 16.6 Å². The summed E-state index contributed by atoms with van der Waals surface area (Å²) >= 11 is 1.40. The highest BCUT2D eigenvalue weighted by atomic mass is 32.1. The third-order valence-electron chi connectivity index (χ3n) is 5.08. The predicted octanol–water partition coefficient (Wildman–Crippen LogP) is 5.12. The predicted molar refractivity (Wildman–Crippen MR) is 106 cm³/mol. The lowest BCUT2D eigenvalue weighted by atomic mass is 9.82. The summed E-state index contributed by atoms with van der Waals surface area (Å²) in [7, 11) is 0. The van der Waals surface area contributed by atoms with Crippen LogP contribution in [0.4, 0.5) is 18.9 Å². The van der Waals surface area contributed by atoms with E-state index in [-0.39, 0.29) is 17.2 Å². The summed E-state index contributed by atoms with van der Waals surface area (Å²) in [4.78, 5) is 19.9. The van der Waals surface area contributed by atoms with E-state index in [2.05, 4.69) is 9.98 Å². The Morgan fingerprint density at radius 1 is 1.41 bits per heavy atom. The molecule has 2 aromatic rings. The van der Waals surface area contributed by atoms with Crippen molar-refractivity contribution < 1.29 is 22.7 Å². The minimum atomic E-state index is -4.72. The number of thiazole rings is 1. The fraction of sp³-hybridized carbons (Fsp3) is 0.450. The highest BCUT2D eigenvalue weighted by Crippen LogP contribution is 2.44.